The summed E-state index contributed by atoms with van der Waals surface area (Å²) in [4.78, 5) is 0. The minimum absolute atomic E-state index is 0.187. The van der Waals surface area contributed by atoms with Crippen molar-refractivity contribution in [2.24, 2.45) is 0 Å². The van der Waals surface area contributed by atoms with E-state index in [0.717, 1.165) is 24.5 Å². The van der Waals surface area contributed by atoms with Gasteiger partial charge in [0.2, 0.25) is 0 Å². The SMILES string of the molecule is COc1ccc(C(C)Nc2ccc(Cl)cc2I)cc1Br. The lowest BCUT2D eigenvalue weighted by Gasteiger charge is -2.18. The Morgan fingerprint density at radius 1 is 1.25 bits per heavy atom. The first kappa shape index (κ1) is 15.9. The number of benzene rings is 2. The molecule has 0 heterocycles. The largest absolute Gasteiger partial charge is 0.496 e. The van der Waals surface area contributed by atoms with Crippen LogP contribution in [0, 0.1) is 3.57 Å². The van der Waals surface area contributed by atoms with E-state index in [1.54, 1.807) is 7.11 Å². The van der Waals surface area contributed by atoms with E-state index < -0.39 is 0 Å². The molecule has 2 aromatic carbocycles. The highest BCUT2D eigenvalue weighted by atomic mass is 127. The molecule has 0 aliphatic carbocycles. The fourth-order valence-corrected chi connectivity index (χ4v) is 3.46. The summed E-state index contributed by atoms with van der Waals surface area (Å²) in [5.74, 6) is 0.835. The van der Waals surface area contributed by atoms with Gasteiger partial charge in [-0.3, -0.25) is 0 Å². The van der Waals surface area contributed by atoms with E-state index in [9.17, 15) is 0 Å². The zero-order chi connectivity index (χ0) is 14.7. The van der Waals surface area contributed by atoms with Crippen molar-refractivity contribution in [1.29, 1.82) is 0 Å². The lowest BCUT2D eigenvalue weighted by Crippen LogP contribution is -2.07. The molecule has 1 atom stereocenters. The first-order valence-corrected chi connectivity index (χ1v) is 8.31. The Labute approximate surface area is 146 Å². The third-order valence-electron chi connectivity index (χ3n) is 2.98. The fourth-order valence-electron chi connectivity index (χ4n) is 1.88. The molecule has 1 unspecified atom stereocenters. The van der Waals surface area contributed by atoms with Crippen LogP contribution in [0.3, 0.4) is 0 Å². The molecule has 0 amide bonds. The summed E-state index contributed by atoms with van der Waals surface area (Å²) >= 11 is 11.8. The predicted molar refractivity (Wildman–Crippen MR) is 96.9 cm³/mol. The van der Waals surface area contributed by atoms with Gasteiger partial charge in [0.1, 0.15) is 5.75 Å². The van der Waals surface area contributed by atoms with Crippen molar-refractivity contribution in [2.75, 3.05) is 12.4 Å². The molecule has 5 heteroatoms. The van der Waals surface area contributed by atoms with E-state index >= 15 is 0 Å². The van der Waals surface area contributed by atoms with Crippen LogP contribution in [-0.4, -0.2) is 7.11 Å². The minimum atomic E-state index is 0.187. The summed E-state index contributed by atoms with van der Waals surface area (Å²) in [5.41, 5.74) is 2.26. The fraction of sp³-hybridized carbons (Fsp3) is 0.200. The van der Waals surface area contributed by atoms with Gasteiger partial charge in [-0.15, -0.1) is 0 Å². The average Bonchev–Trinajstić information content (AvgIpc) is 2.41. The Kier molecular flexibility index (Phi) is 5.57. The van der Waals surface area contributed by atoms with Crippen molar-refractivity contribution < 1.29 is 4.74 Å². The summed E-state index contributed by atoms with van der Waals surface area (Å²) in [6.45, 7) is 2.12. The zero-order valence-corrected chi connectivity index (χ0v) is 15.6. The number of anilines is 1. The molecule has 0 radical (unpaired) electrons. The number of ether oxygens (including phenoxy) is 1. The molecule has 1 N–H and O–H groups in total. The summed E-state index contributed by atoms with van der Waals surface area (Å²) in [6.07, 6.45) is 0. The number of hydrogen-bond acceptors (Lipinski definition) is 2. The minimum Gasteiger partial charge on any atom is -0.496 e. The van der Waals surface area contributed by atoms with E-state index in [4.69, 9.17) is 16.3 Å². The summed E-state index contributed by atoms with van der Waals surface area (Å²) in [5, 5.41) is 4.24. The molecule has 0 saturated carbocycles. The first-order valence-electron chi connectivity index (χ1n) is 6.06. The van der Waals surface area contributed by atoms with Gasteiger partial charge in [0.15, 0.2) is 0 Å². The van der Waals surface area contributed by atoms with Crippen LogP contribution < -0.4 is 10.1 Å². The van der Waals surface area contributed by atoms with E-state index in [1.165, 1.54) is 5.56 Å². The van der Waals surface area contributed by atoms with Crippen molar-refractivity contribution >= 4 is 55.8 Å². The van der Waals surface area contributed by atoms with Gasteiger partial charge in [0.25, 0.3) is 0 Å². The molecular weight excluding hydrogens is 452 g/mol. The maximum absolute atomic E-state index is 5.97. The number of hydrogen-bond donors (Lipinski definition) is 1. The summed E-state index contributed by atoms with van der Waals surface area (Å²) in [6, 6.07) is 12.1. The summed E-state index contributed by atoms with van der Waals surface area (Å²) < 4.78 is 7.31. The van der Waals surface area contributed by atoms with Crippen LogP contribution >= 0.6 is 50.1 Å². The Morgan fingerprint density at radius 2 is 2.00 bits per heavy atom. The van der Waals surface area contributed by atoms with Gasteiger partial charge in [-0.25, -0.2) is 0 Å². The molecule has 0 saturated heterocycles. The van der Waals surface area contributed by atoms with Crippen molar-refractivity contribution in [3.05, 3.63) is 55.0 Å². The maximum atomic E-state index is 5.97. The third-order valence-corrected chi connectivity index (χ3v) is 4.73. The molecule has 0 aliphatic heterocycles. The van der Waals surface area contributed by atoms with Crippen LogP contribution in [0.1, 0.15) is 18.5 Å². The van der Waals surface area contributed by atoms with Crippen LogP contribution in [0.2, 0.25) is 5.02 Å². The van der Waals surface area contributed by atoms with E-state index in [0.29, 0.717) is 0 Å². The van der Waals surface area contributed by atoms with Crippen LogP contribution in [-0.2, 0) is 0 Å². The van der Waals surface area contributed by atoms with Crippen molar-refractivity contribution in [2.45, 2.75) is 13.0 Å². The lowest BCUT2D eigenvalue weighted by atomic mass is 10.1. The van der Waals surface area contributed by atoms with Gasteiger partial charge in [0.05, 0.1) is 11.6 Å². The number of nitrogens with one attached hydrogen (secondary N) is 1. The third kappa shape index (κ3) is 3.80. The molecule has 0 aromatic heterocycles. The second-order valence-electron chi connectivity index (χ2n) is 4.38. The molecule has 2 aromatic rings. The van der Waals surface area contributed by atoms with Crippen molar-refractivity contribution in [1.82, 2.24) is 0 Å². The highest BCUT2D eigenvalue weighted by molar-refractivity contribution is 14.1. The van der Waals surface area contributed by atoms with Crippen LogP contribution in [0.4, 0.5) is 5.69 Å². The smallest absolute Gasteiger partial charge is 0.133 e. The van der Waals surface area contributed by atoms with E-state index in [2.05, 4.69) is 62.9 Å². The first-order chi connectivity index (χ1) is 9.51. The van der Waals surface area contributed by atoms with E-state index in [-0.39, 0.29) is 6.04 Å². The Morgan fingerprint density at radius 3 is 2.60 bits per heavy atom. The van der Waals surface area contributed by atoms with Gasteiger partial charge >= 0.3 is 0 Å². The zero-order valence-electron chi connectivity index (χ0n) is 11.1. The van der Waals surface area contributed by atoms with Gasteiger partial charge in [-0.2, -0.15) is 0 Å². The second kappa shape index (κ2) is 7.00. The molecule has 2 nitrogen and oxygen atoms in total. The Bertz CT molecular complexity index is 621. The normalized spacial score (nSPS) is 12.1. The van der Waals surface area contributed by atoms with Crippen molar-refractivity contribution in [3.8, 4) is 5.75 Å². The van der Waals surface area contributed by atoms with Crippen LogP contribution in [0.15, 0.2) is 40.9 Å². The molecule has 20 heavy (non-hydrogen) atoms. The molecule has 0 bridgehead atoms. The molecule has 0 fully saturated rings. The highest BCUT2D eigenvalue weighted by Gasteiger charge is 2.10. The van der Waals surface area contributed by atoms with Gasteiger partial charge < -0.3 is 10.1 Å². The Balaban J connectivity index is 2.19. The lowest BCUT2D eigenvalue weighted by molar-refractivity contribution is 0.412. The van der Waals surface area contributed by atoms with Gasteiger partial charge in [0, 0.05) is 20.3 Å². The van der Waals surface area contributed by atoms with E-state index in [1.807, 2.05) is 24.3 Å². The quantitative estimate of drug-likeness (QED) is 0.568. The van der Waals surface area contributed by atoms with Crippen LogP contribution in [0.5, 0.6) is 5.75 Å². The average molecular weight is 467 g/mol. The Hall–Kier alpha value is -0.460. The number of methoxy groups -OCH3 is 1. The number of halogens is 3. The topological polar surface area (TPSA) is 21.3 Å². The van der Waals surface area contributed by atoms with Crippen LogP contribution in [0.25, 0.3) is 0 Å². The standard InChI is InChI=1S/C15H14BrClINO/c1-9(10-3-6-15(20-2)12(16)7-10)19-14-5-4-11(17)8-13(14)18/h3-9,19H,1-2H3. The van der Waals surface area contributed by atoms with Gasteiger partial charge in [-0.1, -0.05) is 17.7 Å². The van der Waals surface area contributed by atoms with Gasteiger partial charge in [-0.05, 0) is 81.3 Å². The molecule has 0 aliphatic rings. The predicted octanol–water partition coefficient (Wildman–Crippen LogP) is 5.89. The molecule has 106 valence electrons. The highest BCUT2D eigenvalue weighted by Crippen LogP contribution is 2.30. The summed E-state index contributed by atoms with van der Waals surface area (Å²) in [7, 11) is 1.66. The second-order valence-corrected chi connectivity index (χ2v) is 6.84. The molecule has 2 rings (SSSR count). The molecular formula is C15H14BrClINO. The maximum Gasteiger partial charge on any atom is 0.133 e. The number of rotatable bonds is 4. The molecule has 0 spiro atoms. The monoisotopic (exact) mass is 465 g/mol. The van der Waals surface area contributed by atoms with Crippen molar-refractivity contribution in [3.63, 3.8) is 0 Å².